The van der Waals surface area contributed by atoms with Crippen LogP contribution in [0.2, 0.25) is 0 Å². The van der Waals surface area contributed by atoms with Gasteiger partial charge >= 0.3 is 0 Å². The van der Waals surface area contributed by atoms with E-state index >= 15 is 0 Å². The first-order chi connectivity index (χ1) is 25.4. The standard InChI is InChI=1S/C48H100Cl2N2/c1-7-13-19-33-41-51(42-34-20-14-8-2,43-35-21-15-9-3)47(49)39-31-29-27-25-26-28-30-32-40-48(50)52(44-36-22-16-10-4,45-37-23-17-11-5)46-38-24-18-12-6/h47-48H,7-46H2,1-6H3/q+2. The van der Waals surface area contributed by atoms with Crippen LogP contribution >= 0.6 is 23.2 Å². The zero-order valence-electron chi connectivity index (χ0n) is 37.1. The molecule has 0 rings (SSSR count). The van der Waals surface area contributed by atoms with Crippen LogP contribution in [0, 0.1) is 0 Å². The van der Waals surface area contributed by atoms with Crippen LogP contribution in [0.4, 0.5) is 0 Å². The summed E-state index contributed by atoms with van der Waals surface area (Å²) >= 11 is 15.0. The van der Waals surface area contributed by atoms with Crippen LogP contribution in [0.1, 0.15) is 260 Å². The Labute approximate surface area is 340 Å². The Bertz CT molecular complexity index is 579. The fourth-order valence-electron chi connectivity index (χ4n) is 8.87. The molecular weight excluding hydrogens is 675 g/mol. The zero-order chi connectivity index (χ0) is 38.4. The van der Waals surface area contributed by atoms with Gasteiger partial charge in [0.25, 0.3) is 0 Å². The largest absolute Gasteiger partial charge is 0.309 e. The highest BCUT2D eigenvalue weighted by Crippen LogP contribution is 2.30. The van der Waals surface area contributed by atoms with Crippen molar-refractivity contribution in [1.82, 2.24) is 0 Å². The van der Waals surface area contributed by atoms with Crippen LogP contribution in [-0.2, 0) is 0 Å². The van der Waals surface area contributed by atoms with Crippen LogP contribution in [0.25, 0.3) is 0 Å². The lowest BCUT2D eigenvalue weighted by Gasteiger charge is -2.43. The molecule has 0 amide bonds. The lowest BCUT2D eigenvalue weighted by molar-refractivity contribution is -0.940. The van der Waals surface area contributed by atoms with Crippen molar-refractivity contribution in [2.24, 2.45) is 0 Å². The number of hydrogen-bond acceptors (Lipinski definition) is 0. The molecule has 0 radical (unpaired) electrons. The first-order valence-electron chi connectivity index (χ1n) is 24.4. The number of nitrogens with zero attached hydrogens (tertiary/aromatic N) is 2. The average Bonchev–Trinajstić information content (AvgIpc) is 3.15. The Kier molecular flexibility index (Phi) is 38.7. The van der Waals surface area contributed by atoms with Crippen molar-refractivity contribution >= 4 is 23.2 Å². The van der Waals surface area contributed by atoms with Crippen LogP contribution in [0.5, 0.6) is 0 Å². The normalized spacial score (nSPS) is 13.6. The second-order valence-corrected chi connectivity index (χ2v) is 18.4. The van der Waals surface area contributed by atoms with Crippen LogP contribution < -0.4 is 0 Å². The summed E-state index contributed by atoms with van der Waals surface area (Å²) in [7, 11) is 0. The van der Waals surface area contributed by atoms with Gasteiger partial charge < -0.3 is 8.97 Å². The molecule has 0 fully saturated rings. The van der Waals surface area contributed by atoms with E-state index in [0.29, 0.717) is 11.0 Å². The van der Waals surface area contributed by atoms with Gasteiger partial charge in [0.05, 0.1) is 39.3 Å². The highest BCUT2D eigenvalue weighted by atomic mass is 35.5. The molecule has 4 heteroatoms. The number of quaternary nitrogens is 2. The van der Waals surface area contributed by atoms with Gasteiger partial charge in [0.1, 0.15) is 0 Å². The molecule has 0 aliphatic carbocycles. The summed E-state index contributed by atoms with van der Waals surface area (Å²) < 4.78 is 2.41. The minimum Gasteiger partial charge on any atom is -0.309 e. The van der Waals surface area contributed by atoms with Crippen molar-refractivity contribution in [2.75, 3.05) is 39.3 Å². The van der Waals surface area contributed by atoms with E-state index in [1.54, 1.807) is 0 Å². The van der Waals surface area contributed by atoms with Crippen molar-refractivity contribution < 1.29 is 8.97 Å². The van der Waals surface area contributed by atoms with Crippen molar-refractivity contribution in [3.63, 3.8) is 0 Å². The molecule has 0 aliphatic rings. The Morgan fingerprint density at radius 1 is 0.250 bits per heavy atom. The fraction of sp³-hybridized carbons (Fsp3) is 1.00. The van der Waals surface area contributed by atoms with Gasteiger partial charge in [-0.2, -0.15) is 0 Å². The van der Waals surface area contributed by atoms with E-state index in [-0.39, 0.29) is 0 Å². The lowest BCUT2D eigenvalue weighted by atomic mass is 10.0. The van der Waals surface area contributed by atoms with E-state index in [0.717, 1.165) is 0 Å². The van der Waals surface area contributed by atoms with E-state index in [1.165, 1.54) is 267 Å². The summed E-state index contributed by atoms with van der Waals surface area (Å²) in [4.78, 5) is 0. The Morgan fingerprint density at radius 3 is 0.615 bits per heavy atom. The van der Waals surface area contributed by atoms with Gasteiger partial charge in [0, 0.05) is 12.8 Å². The molecule has 0 saturated heterocycles. The maximum Gasteiger partial charge on any atom is 0.164 e. The molecule has 0 spiro atoms. The van der Waals surface area contributed by atoms with E-state index in [1.807, 2.05) is 0 Å². The molecule has 2 nitrogen and oxygen atoms in total. The summed E-state index contributed by atoms with van der Waals surface area (Å²) in [6.07, 6.45) is 46.0. The molecule has 0 aromatic heterocycles. The molecular formula is C48H100Cl2N2+2. The highest BCUT2D eigenvalue weighted by Gasteiger charge is 2.35. The van der Waals surface area contributed by atoms with Crippen molar-refractivity contribution in [3.05, 3.63) is 0 Å². The minimum absolute atomic E-state index is 0.309. The molecule has 0 aromatic rings. The third-order valence-corrected chi connectivity index (χ3v) is 13.8. The molecule has 314 valence electrons. The monoisotopic (exact) mass is 775 g/mol. The molecule has 0 saturated carbocycles. The molecule has 0 aromatic carbocycles. The average molecular weight is 776 g/mol. The summed E-state index contributed by atoms with van der Waals surface area (Å²) in [5, 5.41) is 0. The zero-order valence-corrected chi connectivity index (χ0v) is 38.6. The maximum atomic E-state index is 7.48. The topological polar surface area (TPSA) is 0 Å². The molecule has 52 heavy (non-hydrogen) atoms. The number of unbranched alkanes of at least 4 members (excludes halogenated alkanes) is 25. The quantitative estimate of drug-likeness (QED) is 0.0250. The van der Waals surface area contributed by atoms with Gasteiger partial charge in [0.15, 0.2) is 11.0 Å². The van der Waals surface area contributed by atoms with Gasteiger partial charge in [-0.25, -0.2) is 0 Å². The number of alkyl halides is 2. The molecule has 2 unspecified atom stereocenters. The summed E-state index contributed by atoms with van der Waals surface area (Å²) in [6, 6.07) is 0. The predicted octanol–water partition coefficient (Wildman–Crippen LogP) is 17.1. The van der Waals surface area contributed by atoms with Crippen molar-refractivity contribution in [2.45, 2.75) is 271 Å². The Hall–Kier alpha value is 0.500. The number of rotatable bonds is 43. The Balaban J connectivity index is 4.88. The van der Waals surface area contributed by atoms with Gasteiger partial charge in [-0.15, -0.1) is 0 Å². The molecule has 0 N–H and O–H groups in total. The van der Waals surface area contributed by atoms with E-state index in [9.17, 15) is 0 Å². The molecule has 0 bridgehead atoms. The van der Waals surface area contributed by atoms with E-state index in [4.69, 9.17) is 23.2 Å². The van der Waals surface area contributed by atoms with Crippen LogP contribution in [0.15, 0.2) is 0 Å². The first kappa shape index (κ1) is 52.5. The SMILES string of the molecule is CCCCCC[N+](CCCCCC)(CCCCCC)C(Cl)CCCCCCCCCCC(Cl)[N+](CCCCCC)(CCCCCC)CCCCCC. The van der Waals surface area contributed by atoms with E-state index in [2.05, 4.69) is 41.5 Å². The summed E-state index contributed by atoms with van der Waals surface area (Å²) in [5.74, 6) is 0. The predicted molar refractivity (Wildman–Crippen MR) is 240 cm³/mol. The number of halogens is 2. The first-order valence-corrected chi connectivity index (χ1v) is 25.3. The summed E-state index contributed by atoms with van der Waals surface area (Å²) in [5.41, 5.74) is 0.618. The Morgan fingerprint density at radius 2 is 0.423 bits per heavy atom. The van der Waals surface area contributed by atoms with Crippen LogP contribution in [-0.4, -0.2) is 59.2 Å². The lowest BCUT2D eigenvalue weighted by Crippen LogP contribution is -2.55. The second kappa shape index (κ2) is 38.4. The minimum atomic E-state index is 0.309. The highest BCUT2D eigenvalue weighted by molar-refractivity contribution is 6.19. The fourth-order valence-corrected chi connectivity index (χ4v) is 9.76. The van der Waals surface area contributed by atoms with Gasteiger partial charge in [-0.05, 0) is 89.9 Å². The van der Waals surface area contributed by atoms with Crippen LogP contribution in [0.3, 0.4) is 0 Å². The van der Waals surface area contributed by atoms with Crippen molar-refractivity contribution in [1.29, 1.82) is 0 Å². The van der Waals surface area contributed by atoms with E-state index < -0.39 is 0 Å². The third-order valence-electron chi connectivity index (χ3n) is 12.6. The van der Waals surface area contributed by atoms with Gasteiger partial charge in [0.2, 0.25) is 0 Å². The van der Waals surface area contributed by atoms with Gasteiger partial charge in [-0.1, -0.05) is 180 Å². The smallest absolute Gasteiger partial charge is 0.164 e. The van der Waals surface area contributed by atoms with Gasteiger partial charge in [-0.3, -0.25) is 0 Å². The molecule has 0 heterocycles. The van der Waals surface area contributed by atoms with Crippen molar-refractivity contribution in [3.8, 4) is 0 Å². The maximum absolute atomic E-state index is 7.48. The molecule has 2 atom stereocenters. The molecule has 0 aliphatic heterocycles. The second-order valence-electron chi connectivity index (χ2n) is 17.4. The third kappa shape index (κ3) is 27.2. The summed E-state index contributed by atoms with van der Waals surface area (Å²) in [6.45, 7) is 21.9. The number of hydrogen-bond donors (Lipinski definition) is 0.